The summed E-state index contributed by atoms with van der Waals surface area (Å²) in [7, 11) is 0. The minimum atomic E-state index is -0.0721. The molecule has 0 fully saturated rings. The van der Waals surface area contributed by atoms with E-state index < -0.39 is 0 Å². The van der Waals surface area contributed by atoms with E-state index in [0.29, 0.717) is 13.1 Å². The molecule has 2 N–H and O–H groups in total. The van der Waals surface area contributed by atoms with Crippen molar-refractivity contribution in [1.29, 1.82) is 0 Å². The fourth-order valence-corrected chi connectivity index (χ4v) is 2.08. The van der Waals surface area contributed by atoms with Gasteiger partial charge >= 0.3 is 0 Å². The Morgan fingerprint density at radius 1 is 1.14 bits per heavy atom. The molecule has 22 heavy (non-hydrogen) atoms. The number of halogens is 2. The quantitative estimate of drug-likeness (QED) is 0.909. The molecule has 0 saturated heterocycles. The van der Waals surface area contributed by atoms with Crippen molar-refractivity contribution in [2.45, 2.75) is 20.0 Å². The highest BCUT2D eigenvalue weighted by Crippen LogP contribution is 2.10. The molecule has 120 valence electrons. The number of rotatable bonds is 5. The third-order valence-corrected chi connectivity index (χ3v) is 3.06. The molecule has 2 rings (SSSR count). The fourth-order valence-electron chi connectivity index (χ4n) is 2.08. The Hall–Kier alpha value is -1.62. The van der Waals surface area contributed by atoms with E-state index in [0.717, 1.165) is 11.3 Å². The Kier molecular flexibility index (Phi) is 9.42. The summed E-state index contributed by atoms with van der Waals surface area (Å²) < 4.78 is 0. The summed E-state index contributed by atoms with van der Waals surface area (Å²) in [6.45, 7) is 3.08. The number of carbonyl (C=O) groups is 1. The van der Waals surface area contributed by atoms with Gasteiger partial charge in [-0.3, -0.25) is 9.78 Å². The van der Waals surface area contributed by atoms with E-state index >= 15 is 0 Å². The molecule has 1 aromatic heterocycles. The number of aromatic nitrogens is 1. The second kappa shape index (κ2) is 10.2. The maximum atomic E-state index is 12.0. The molecule has 0 atom stereocenters. The monoisotopic (exact) mass is 341 g/mol. The van der Waals surface area contributed by atoms with Gasteiger partial charge in [0.1, 0.15) is 0 Å². The van der Waals surface area contributed by atoms with Gasteiger partial charge in [0.2, 0.25) is 5.91 Å². The molecule has 0 aliphatic heterocycles. The van der Waals surface area contributed by atoms with Crippen LogP contribution in [0.5, 0.6) is 0 Å². The van der Waals surface area contributed by atoms with Crippen LogP contribution in [0.4, 0.5) is 0 Å². The Morgan fingerprint density at radius 2 is 1.91 bits per heavy atom. The summed E-state index contributed by atoms with van der Waals surface area (Å²) in [5.74, 6) is -0.0721. The van der Waals surface area contributed by atoms with Crippen LogP contribution in [0.15, 0.2) is 48.7 Å². The third-order valence-electron chi connectivity index (χ3n) is 3.06. The number of hydrogen-bond acceptors (Lipinski definition) is 3. The lowest BCUT2D eigenvalue weighted by Gasteiger charge is -2.22. The van der Waals surface area contributed by atoms with Crippen LogP contribution in [0.3, 0.4) is 0 Å². The van der Waals surface area contributed by atoms with Gasteiger partial charge in [-0.25, -0.2) is 0 Å². The lowest BCUT2D eigenvalue weighted by atomic mass is 10.1. The molecular formula is C16H21Cl2N3O. The molecule has 0 aliphatic carbocycles. The van der Waals surface area contributed by atoms with Crippen molar-refractivity contribution in [2.24, 2.45) is 5.73 Å². The first-order valence-corrected chi connectivity index (χ1v) is 6.62. The number of aryl methyl sites for hydroxylation is 1. The van der Waals surface area contributed by atoms with E-state index in [-0.39, 0.29) is 37.3 Å². The minimum absolute atomic E-state index is 0. The van der Waals surface area contributed by atoms with Crippen molar-refractivity contribution >= 4 is 30.7 Å². The first-order chi connectivity index (χ1) is 9.69. The third kappa shape index (κ3) is 6.02. The molecule has 0 spiro atoms. The molecule has 0 bridgehead atoms. The first kappa shape index (κ1) is 20.4. The molecule has 1 aromatic carbocycles. The maximum absolute atomic E-state index is 12.0. The van der Waals surface area contributed by atoms with E-state index in [1.165, 1.54) is 5.56 Å². The molecule has 0 saturated carbocycles. The fraction of sp³-hybridized carbons (Fsp3) is 0.250. The van der Waals surface area contributed by atoms with Gasteiger partial charge in [-0.1, -0.05) is 35.9 Å². The summed E-state index contributed by atoms with van der Waals surface area (Å²) in [4.78, 5) is 18.0. The van der Waals surface area contributed by atoms with Gasteiger partial charge in [-0.2, -0.15) is 0 Å². The molecule has 6 heteroatoms. The largest absolute Gasteiger partial charge is 0.331 e. The second-order valence-corrected chi connectivity index (χ2v) is 4.76. The molecule has 1 heterocycles. The van der Waals surface area contributed by atoms with E-state index in [2.05, 4.69) is 11.1 Å². The zero-order chi connectivity index (χ0) is 14.4. The highest BCUT2D eigenvalue weighted by Gasteiger charge is 2.13. The van der Waals surface area contributed by atoms with Crippen LogP contribution in [-0.4, -0.2) is 22.3 Å². The minimum Gasteiger partial charge on any atom is -0.331 e. The van der Waals surface area contributed by atoms with E-state index in [1.54, 1.807) is 11.1 Å². The maximum Gasteiger partial charge on any atom is 0.236 e. The van der Waals surface area contributed by atoms with Crippen LogP contribution in [-0.2, 0) is 17.9 Å². The smallest absolute Gasteiger partial charge is 0.236 e. The number of nitrogens with two attached hydrogens (primary N) is 1. The van der Waals surface area contributed by atoms with Gasteiger partial charge in [-0.15, -0.1) is 24.8 Å². The van der Waals surface area contributed by atoms with Gasteiger partial charge in [0.05, 0.1) is 18.8 Å². The van der Waals surface area contributed by atoms with Crippen LogP contribution < -0.4 is 5.73 Å². The SMILES string of the molecule is Cc1cccc(CN(Cc2ccccn2)C(=O)CN)c1.Cl.Cl. The average molecular weight is 342 g/mol. The standard InChI is InChI=1S/C16H19N3O.2ClH/c1-13-5-4-6-14(9-13)11-19(16(20)10-17)12-15-7-2-3-8-18-15;;/h2-9H,10-12,17H2,1H3;2*1H. The Morgan fingerprint density at radius 3 is 2.50 bits per heavy atom. The second-order valence-electron chi connectivity index (χ2n) is 4.76. The predicted molar refractivity (Wildman–Crippen MR) is 93.2 cm³/mol. The van der Waals surface area contributed by atoms with Crippen LogP contribution in [0.25, 0.3) is 0 Å². The lowest BCUT2D eigenvalue weighted by molar-refractivity contribution is -0.131. The summed E-state index contributed by atoms with van der Waals surface area (Å²) in [5.41, 5.74) is 8.64. The molecule has 4 nitrogen and oxygen atoms in total. The molecule has 0 aliphatic rings. The van der Waals surface area contributed by atoms with Crippen molar-refractivity contribution in [1.82, 2.24) is 9.88 Å². The van der Waals surface area contributed by atoms with Gasteiger partial charge < -0.3 is 10.6 Å². The molecular weight excluding hydrogens is 321 g/mol. The van der Waals surface area contributed by atoms with Crippen LogP contribution in [0.2, 0.25) is 0 Å². The summed E-state index contributed by atoms with van der Waals surface area (Å²) in [5, 5.41) is 0. The Labute approximate surface area is 143 Å². The summed E-state index contributed by atoms with van der Waals surface area (Å²) in [6.07, 6.45) is 1.73. The van der Waals surface area contributed by atoms with E-state index in [9.17, 15) is 4.79 Å². The molecule has 0 unspecified atom stereocenters. The van der Waals surface area contributed by atoms with Crippen molar-refractivity contribution in [3.63, 3.8) is 0 Å². The number of pyridine rings is 1. The summed E-state index contributed by atoms with van der Waals surface area (Å²) >= 11 is 0. The molecule has 1 amide bonds. The average Bonchev–Trinajstić information content (AvgIpc) is 2.47. The predicted octanol–water partition coefficient (Wildman–Crippen LogP) is 2.72. The van der Waals surface area contributed by atoms with Crippen LogP contribution in [0, 0.1) is 6.92 Å². The van der Waals surface area contributed by atoms with Crippen molar-refractivity contribution in [3.8, 4) is 0 Å². The van der Waals surface area contributed by atoms with Gasteiger partial charge in [0.15, 0.2) is 0 Å². The highest BCUT2D eigenvalue weighted by atomic mass is 35.5. The first-order valence-electron chi connectivity index (χ1n) is 6.62. The van der Waals surface area contributed by atoms with Gasteiger partial charge in [-0.05, 0) is 24.6 Å². The number of amides is 1. The molecule has 0 radical (unpaired) electrons. The van der Waals surface area contributed by atoms with Gasteiger partial charge in [0, 0.05) is 12.7 Å². The number of hydrogen-bond donors (Lipinski definition) is 1. The van der Waals surface area contributed by atoms with Crippen LogP contribution in [0.1, 0.15) is 16.8 Å². The summed E-state index contributed by atoms with van der Waals surface area (Å²) in [6, 6.07) is 13.8. The normalized spacial score (nSPS) is 9.36. The van der Waals surface area contributed by atoms with Crippen molar-refractivity contribution in [3.05, 3.63) is 65.5 Å². The van der Waals surface area contributed by atoms with Gasteiger partial charge in [0.25, 0.3) is 0 Å². The number of carbonyl (C=O) groups excluding carboxylic acids is 1. The van der Waals surface area contributed by atoms with E-state index in [4.69, 9.17) is 5.73 Å². The lowest BCUT2D eigenvalue weighted by Crippen LogP contribution is -2.35. The number of benzene rings is 1. The molecule has 2 aromatic rings. The van der Waals surface area contributed by atoms with Crippen LogP contribution >= 0.6 is 24.8 Å². The van der Waals surface area contributed by atoms with Crippen molar-refractivity contribution in [2.75, 3.05) is 6.54 Å². The Balaban J connectivity index is 0.00000220. The topological polar surface area (TPSA) is 59.2 Å². The number of nitrogens with zero attached hydrogens (tertiary/aromatic N) is 2. The Bertz CT molecular complexity index is 579. The zero-order valence-corrected chi connectivity index (χ0v) is 14.1. The van der Waals surface area contributed by atoms with Crippen molar-refractivity contribution < 1.29 is 4.79 Å². The van der Waals surface area contributed by atoms with E-state index in [1.807, 2.05) is 43.3 Å². The highest BCUT2D eigenvalue weighted by molar-refractivity contribution is 5.85. The zero-order valence-electron chi connectivity index (χ0n) is 12.4.